The maximum absolute atomic E-state index is 12.6. The number of aromatic nitrogens is 3. The molecule has 0 spiro atoms. The lowest BCUT2D eigenvalue weighted by Gasteiger charge is -2.09. The summed E-state index contributed by atoms with van der Waals surface area (Å²) in [7, 11) is 1.78. The molecule has 2 N–H and O–H groups in total. The summed E-state index contributed by atoms with van der Waals surface area (Å²) < 4.78 is 2.82. The molecule has 0 atom stereocenters. The van der Waals surface area contributed by atoms with E-state index in [1.165, 1.54) is 0 Å². The Morgan fingerprint density at radius 3 is 2.72 bits per heavy atom. The number of carbonyl (C=O) groups excluding carboxylic acids is 1. The van der Waals surface area contributed by atoms with E-state index in [1.807, 2.05) is 13.0 Å². The first-order valence-corrected chi connectivity index (χ1v) is 8.16. The van der Waals surface area contributed by atoms with Gasteiger partial charge in [-0.1, -0.05) is 13.0 Å². The van der Waals surface area contributed by atoms with Crippen LogP contribution in [-0.4, -0.2) is 26.6 Å². The highest BCUT2D eigenvalue weighted by molar-refractivity contribution is 5.92. The molecular formula is C18H20N4O3. The Bertz CT molecular complexity index is 1040. The van der Waals surface area contributed by atoms with Crippen molar-refractivity contribution in [2.45, 2.75) is 19.9 Å². The summed E-state index contributed by atoms with van der Waals surface area (Å²) in [5.74, 6) is -0.244. The first kappa shape index (κ1) is 16.8. The van der Waals surface area contributed by atoms with Gasteiger partial charge in [0.1, 0.15) is 5.69 Å². The molecule has 2 heterocycles. The molecule has 0 aliphatic carbocycles. The van der Waals surface area contributed by atoms with Crippen LogP contribution in [0.25, 0.3) is 10.9 Å². The van der Waals surface area contributed by atoms with Crippen molar-refractivity contribution in [3.05, 3.63) is 68.6 Å². The molecule has 7 heteroatoms. The number of fused-ring (bicyclic) bond motifs is 1. The number of nitrogens with zero attached hydrogens (tertiary/aromatic N) is 2. The van der Waals surface area contributed by atoms with Crippen LogP contribution in [0.2, 0.25) is 0 Å². The number of amides is 1. The Morgan fingerprint density at radius 2 is 2.04 bits per heavy atom. The highest BCUT2D eigenvalue weighted by Gasteiger charge is 2.10. The van der Waals surface area contributed by atoms with Gasteiger partial charge in [0.15, 0.2) is 0 Å². The third-order valence-electron chi connectivity index (χ3n) is 4.25. The van der Waals surface area contributed by atoms with Gasteiger partial charge >= 0.3 is 5.69 Å². The monoisotopic (exact) mass is 340 g/mol. The number of hydrogen-bond donors (Lipinski definition) is 2. The average molecular weight is 340 g/mol. The van der Waals surface area contributed by atoms with Crippen molar-refractivity contribution in [2.75, 3.05) is 6.54 Å². The van der Waals surface area contributed by atoms with Crippen molar-refractivity contribution < 1.29 is 4.79 Å². The fourth-order valence-corrected chi connectivity index (χ4v) is 2.79. The minimum absolute atomic E-state index is 0.108. The molecule has 0 unspecified atom stereocenters. The van der Waals surface area contributed by atoms with E-state index in [-0.39, 0.29) is 24.6 Å². The summed E-state index contributed by atoms with van der Waals surface area (Å²) in [5.41, 5.74) is 1.25. The summed E-state index contributed by atoms with van der Waals surface area (Å²) in [6.07, 6.45) is 2.58. The van der Waals surface area contributed by atoms with E-state index in [1.54, 1.807) is 42.1 Å². The zero-order valence-electron chi connectivity index (χ0n) is 14.2. The molecule has 0 fully saturated rings. The molecule has 3 aromatic rings. The smallest absolute Gasteiger partial charge is 0.328 e. The van der Waals surface area contributed by atoms with Crippen LogP contribution in [0.1, 0.15) is 23.0 Å². The van der Waals surface area contributed by atoms with Crippen LogP contribution in [0.4, 0.5) is 0 Å². The Labute approximate surface area is 143 Å². The van der Waals surface area contributed by atoms with Gasteiger partial charge in [0, 0.05) is 26.3 Å². The van der Waals surface area contributed by atoms with E-state index < -0.39 is 5.69 Å². The minimum Gasteiger partial charge on any atom is -0.349 e. The maximum Gasteiger partial charge on any atom is 0.328 e. The van der Waals surface area contributed by atoms with Gasteiger partial charge in [0.05, 0.1) is 10.9 Å². The molecule has 7 nitrogen and oxygen atoms in total. The van der Waals surface area contributed by atoms with Crippen molar-refractivity contribution in [3.8, 4) is 0 Å². The molecule has 1 aromatic carbocycles. The predicted octanol–water partition coefficient (Wildman–Crippen LogP) is 1.02. The lowest BCUT2D eigenvalue weighted by atomic mass is 10.1. The third kappa shape index (κ3) is 3.26. The molecule has 0 radical (unpaired) electrons. The lowest BCUT2D eigenvalue weighted by molar-refractivity contribution is 0.0944. The van der Waals surface area contributed by atoms with Gasteiger partial charge in [-0.2, -0.15) is 0 Å². The molecule has 0 bridgehead atoms. The molecule has 0 saturated carbocycles. The summed E-state index contributed by atoms with van der Waals surface area (Å²) in [6.45, 7) is 2.30. The molecule has 0 aliphatic rings. The van der Waals surface area contributed by atoms with E-state index >= 15 is 0 Å². The fraction of sp³-hybridized carbons (Fsp3) is 0.278. The van der Waals surface area contributed by atoms with Gasteiger partial charge in [-0.05, 0) is 36.2 Å². The van der Waals surface area contributed by atoms with E-state index in [4.69, 9.17) is 0 Å². The lowest BCUT2D eigenvalue weighted by Crippen LogP contribution is -2.39. The van der Waals surface area contributed by atoms with Crippen LogP contribution in [0.3, 0.4) is 0 Å². The third-order valence-corrected chi connectivity index (χ3v) is 4.25. The molecule has 1 amide bonds. The van der Waals surface area contributed by atoms with Crippen molar-refractivity contribution in [2.24, 2.45) is 7.05 Å². The molecule has 3 rings (SSSR count). The van der Waals surface area contributed by atoms with Gasteiger partial charge in [-0.3, -0.25) is 14.2 Å². The molecule has 0 saturated heterocycles. The Kier molecular flexibility index (Phi) is 4.56. The summed E-state index contributed by atoms with van der Waals surface area (Å²) in [5, 5.41) is 3.21. The van der Waals surface area contributed by atoms with Crippen molar-refractivity contribution in [1.82, 2.24) is 19.4 Å². The molecule has 2 aromatic heterocycles. The summed E-state index contributed by atoms with van der Waals surface area (Å²) in [6, 6.07) is 8.92. The first-order valence-electron chi connectivity index (χ1n) is 8.16. The Balaban J connectivity index is 1.81. The second-order valence-corrected chi connectivity index (χ2v) is 5.88. The standard InChI is InChI=1S/C18H20N4O3/c1-3-12-6-7-14-13(11-12)17(24)22(18(25)20-14)10-8-19-16(23)15-5-4-9-21(15)2/h4-7,9,11H,3,8,10H2,1-2H3,(H,19,23)(H,20,25). The van der Waals surface area contributed by atoms with Crippen molar-refractivity contribution in [1.29, 1.82) is 0 Å². The number of aromatic amines is 1. The normalized spacial score (nSPS) is 11.0. The largest absolute Gasteiger partial charge is 0.349 e. The summed E-state index contributed by atoms with van der Waals surface area (Å²) in [4.78, 5) is 39.6. The van der Waals surface area contributed by atoms with Crippen LogP contribution in [0.5, 0.6) is 0 Å². The number of nitrogens with one attached hydrogen (secondary N) is 2. The molecule has 130 valence electrons. The number of carbonyl (C=O) groups is 1. The van der Waals surface area contributed by atoms with Crippen LogP contribution >= 0.6 is 0 Å². The summed E-state index contributed by atoms with van der Waals surface area (Å²) >= 11 is 0. The zero-order valence-corrected chi connectivity index (χ0v) is 14.2. The number of rotatable bonds is 5. The second kappa shape index (κ2) is 6.80. The number of aryl methyl sites for hydroxylation is 2. The van der Waals surface area contributed by atoms with E-state index in [0.717, 1.165) is 16.6 Å². The Morgan fingerprint density at radius 1 is 1.24 bits per heavy atom. The number of H-pyrrole nitrogens is 1. The number of benzene rings is 1. The predicted molar refractivity (Wildman–Crippen MR) is 96.0 cm³/mol. The van der Waals surface area contributed by atoms with E-state index in [2.05, 4.69) is 10.3 Å². The van der Waals surface area contributed by atoms with Crippen LogP contribution < -0.4 is 16.6 Å². The second-order valence-electron chi connectivity index (χ2n) is 5.88. The van der Waals surface area contributed by atoms with Gasteiger partial charge in [-0.15, -0.1) is 0 Å². The van der Waals surface area contributed by atoms with Gasteiger partial charge in [0.2, 0.25) is 0 Å². The highest BCUT2D eigenvalue weighted by Crippen LogP contribution is 2.09. The molecular weight excluding hydrogens is 320 g/mol. The fourth-order valence-electron chi connectivity index (χ4n) is 2.79. The van der Waals surface area contributed by atoms with Gasteiger partial charge in [0.25, 0.3) is 11.5 Å². The van der Waals surface area contributed by atoms with Crippen LogP contribution in [0, 0.1) is 0 Å². The van der Waals surface area contributed by atoms with Crippen LogP contribution in [0.15, 0.2) is 46.1 Å². The van der Waals surface area contributed by atoms with E-state index in [0.29, 0.717) is 16.6 Å². The van der Waals surface area contributed by atoms with Crippen molar-refractivity contribution >= 4 is 16.8 Å². The minimum atomic E-state index is -0.477. The highest BCUT2D eigenvalue weighted by atomic mass is 16.2. The Hall–Kier alpha value is -3.09. The van der Waals surface area contributed by atoms with Gasteiger partial charge in [-0.25, -0.2) is 4.79 Å². The average Bonchev–Trinajstić information content (AvgIpc) is 3.03. The van der Waals surface area contributed by atoms with Crippen molar-refractivity contribution in [3.63, 3.8) is 0 Å². The topological polar surface area (TPSA) is 88.9 Å². The number of hydrogen-bond acceptors (Lipinski definition) is 3. The quantitative estimate of drug-likeness (QED) is 0.727. The molecule has 0 aliphatic heterocycles. The van der Waals surface area contributed by atoms with Crippen LogP contribution in [-0.2, 0) is 20.0 Å². The zero-order chi connectivity index (χ0) is 18.0. The SMILES string of the molecule is CCc1ccc2[nH]c(=O)n(CCNC(=O)c3cccn3C)c(=O)c2c1. The first-order chi connectivity index (χ1) is 12.0. The maximum atomic E-state index is 12.6. The molecule has 25 heavy (non-hydrogen) atoms. The van der Waals surface area contributed by atoms with E-state index in [9.17, 15) is 14.4 Å². The van der Waals surface area contributed by atoms with Gasteiger partial charge < -0.3 is 14.9 Å².